The van der Waals surface area contributed by atoms with Crippen LogP contribution in [0.4, 0.5) is 21.5 Å². The highest BCUT2D eigenvalue weighted by atomic mass is 19.1. The first kappa shape index (κ1) is 15.9. The van der Waals surface area contributed by atoms with E-state index in [0.29, 0.717) is 13.0 Å². The first-order valence-corrected chi connectivity index (χ1v) is 7.62. The maximum absolute atomic E-state index is 13.8. The zero-order valence-electron chi connectivity index (χ0n) is 12.9. The molecule has 0 saturated carbocycles. The van der Waals surface area contributed by atoms with Crippen molar-refractivity contribution in [2.24, 2.45) is 0 Å². The average Bonchev–Trinajstić information content (AvgIpc) is 3.00. The van der Waals surface area contributed by atoms with Crippen LogP contribution in [0.2, 0.25) is 0 Å². The number of non-ortho nitro benzene ring substituents is 1. The number of halogens is 1. The van der Waals surface area contributed by atoms with Crippen LogP contribution in [0, 0.1) is 15.9 Å². The average molecular weight is 329 g/mol. The Labute approximate surface area is 138 Å². The lowest BCUT2D eigenvalue weighted by Gasteiger charge is -2.16. The van der Waals surface area contributed by atoms with Gasteiger partial charge in [0.2, 0.25) is 5.91 Å². The lowest BCUT2D eigenvalue weighted by molar-refractivity contribution is -0.385. The van der Waals surface area contributed by atoms with Crippen LogP contribution in [0.5, 0.6) is 0 Å². The zero-order valence-corrected chi connectivity index (χ0v) is 12.9. The van der Waals surface area contributed by atoms with E-state index in [1.54, 1.807) is 4.90 Å². The van der Waals surface area contributed by atoms with E-state index in [1.807, 2.05) is 24.3 Å². The Hall–Kier alpha value is -2.96. The van der Waals surface area contributed by atoms with Gasteiger partial charge in [0.25, 0.3) is 5.69 Å². The first-order chi connectivity index (χ1) is 11.5. The molecule has 1 aliphatic heterocycles. The number of nitrogens with zero attached hydrogens (tertiary/aromatic N) is 2. The van der Waals surface area contributed by atoms with Crippen LogP contribution in [-0.2, 0) is 11.3 Å². The molecular weight excluding hydrogens is 313 g/mol. The van der Waals surface area contributed by atoms with Crippen molar-refractivity contribution in [1.82, 2.24) is 0 Å². The molecule has 0 bridgehead atoms. The first-order valence-electron chi connectivity index (χ1n) is 7.62. The number of nitrogens with one attached hydrogen (secondary N) is 1. The highest BCUT2D eigenvalue weighted by Crippen LogP contribution is 2.23. The van der Waals surface area contributed by atoms with Gasteiger partial charge in [-0.2, -0.15) is 0 Å². The highest BCUT2D eigenvalue weighted by molar-refractivity contribution is 5.95. The minimum absolute atomic E-state index is 0.133. The predicted molar refractivity (Wildman–Crippen MR) is 88.4 cm³/mol. The monoisotopic (exact) mass is 329 g/mol. The van der Waals surface area contributed by atoms with E-state index in [1.165, 1.54) is 12.1 Å². The van der Waals surface area contributed by atoms with E-state index < -0.39 is 10.7 Å². The number of anilines is 2. The third-order valence-electron chi connectivity index (χ3n) is 3.97. The van der Waals surface area contributed by atoms with Crippen LogP contribution in [0.1, 0.15) is 18.4 Å². The third-order valence-corrected chi connectivity index (χ3v) is 3.97. The van der Waals surface area contributed by atoms with Crippen LogP contribution < -0.4 is 10.2 Å². The molecule has 1 heterocycles. The van der Waals surface area contributed by atoms with Gasteiger partial charge in [0.15, 0.2) is 5.82 Å². The minimum atomic E-state index is -0.663. The van der Waals surface area contributed by atoms with Crippen LogP contribution in [0.3, 0.4) is 0 Å². The second kappa shape index (κ2) is 6.66. The van der Waals surface area contributed by atoms with Crippen LogP contribution >= 0.6 is 0 Å². The number of rotatable bonds is 5. The summed E-state index contributed by atoms with van der Waals surface area (Å²) in [6.07, 6.45) is 1.46. The van der Waals surface area contributed by atoms with Crippen LogP contribution in [0.15, 0.2) is 42.5 Å². The van der Waals surface area contributed by atoms with Gasteiger partial charge in [-0.3, -0.25) is 14.9 Å². The van der Waals surface area contributed by atoms with E-state index in [9.17, 15) is 19.3 Å². The highest BCUT2D eigenvalue weighted by Gasteiger charge is 2.21. The molecule has 24 heavy (non-hydrogen) atoms. The normalized spacial score (nSPS) is 14.0. The fraction of sp³-hybridized carbons (Fsp3) is 0.235. The summed E-state index contributed by atoms with van der Waals surface area (Å²) in [5.74, 6) is -0.530. The largest absolute Gasteiger partial charge is 0.379 e. The molecule has 0 aliphatic carbocycles. The SMILES string of the molecule is O=C1CCCN1c1ccc(CNc2ccc([N+](=O)[O-])cc2F)cc1. The van der Waals surface area contributed by atoms with Crippen molar-refractivity contribution < 1.29 is 14.1 Å². The number of hydrogen-bond acceptors (Lipinski definition) is 4. The maximum atomic E-state index is 13.8. The Morgan fingerprint density at radius 1 is 1.21 bits per heavy atom. The van der Waals surface area contributed by atoms with E-state index in [0.717, 1.165) is 30.3 Å². The molecule has 7 heteroatoms. The summed E-state index contributed by atoms with van der Waals surface area (Å²) in [5, 5.41) is 13.5. The molecule has 2 aromatic carbocycles. The maximum Gasteiger partial charge on any atom is 0.272 e. The number of nitro benzene ring substituents is 1. The molecule has 3 rings (SSSR count). The third kappa shape index (κ3) is 3.34. The topological polar surface area (TPSA) is 75.5 Å². The zero-order chi connectivity index (χ0) is 17.1. The molecule has 6 nitrogen and oxygen atoms in total. The molecular formula is C17H16FN3O3. The Bertz CT molecular complexity index is 777. The summed E-state index contributed by atoms with van der Waals surface area (Å²) in [5.41, 5.74) is 1.71. The molecule has 0 aromatic heterocycles. The lowest BCUT2D eigenvalue weighted by Crippen LogP contribution is -2.23. The summed E-state index contributed by atoms with van der Waals surface area (Å²) in [7, 11) is 0. The Morgan fingerprint density at radius 2 is 1.96 bits per heavy atom. The van der Waals surface area contributed by atoms with E-state index >= 15 is 0 Å². The molecule has 1 fully saturated rings. The molecule has 1 N–H and O–H groups in total. The van der Waals surface area contributed by atoms with Gasteiger partial charge in [-0.05, 0) is 30.2 Å². The van der Waals surface area contributed by atoms with Crippen molar-refractivity contribution in [3.63, 3.8) is 0 Å². The summed E-state index contributed by atoms with van der Waals surface area (Å²) in [6, 6.07) is 11.0. The van der Waals surface area contributed by atoms with E-state index in [-0.39, 0.29) is 17.3 Å². The predicted octanol–water partition coefficient (Wildman–Crippen LogP) is 3.47. The number of carbonyl (C=O) groups excluding carboxylic acids is 1. The van der Waals surface area contributed by atoms with Crippen molar-refractivity contribution in [3.05, 3.63) is 64.0 Å². The molecule has 0 radical (unpaired) electrons. The van der Waals surface area contributed by atoms with Gasteiger partial charge in [-0.15, -0.1) is 0 Å². The molecule has 1 amide bonds. The molecule has 124 valence electrons. The van der Waals surface area contributed by atoms with E-state index in [2.05, 4.69) is 5.32 Å². The summed E-state index contributed by atoms with van der Waals surface area (Å²) in [6.45, 7) is 1.12. The van der Waals surface area contributed by atoms with Gasteiger partial charge in [-0.25, -0.2) is 4.39 Å². The Kier molecular flexibility index (Phi) is 4.41. The molecule has 1 saturated heterocycles. The number of benzene rings is 2. The second-order valence-corrected chi connectivity index (χ2v) is 5.59. The van der Waals surface area contributed by atoms with Gasteiger partial charge in [0.05, 0.1) is 16.7 Å². The van der Waals surface area contributed by atoms with Gasteiger partial charge in [-0.1, -0.05) is 12.1 Å². The van der Waals surface area contributed by atoms with Crippen molar-refractivity contribution in [2.75, 3.05) is 16.8 Å². The lowest BCUT2D eigenvalue weighted by atomic mass is 10.2. The van der Waals surface area contributed by atoms with Gasteiger partial charge in [0.1, 0.15) is 0 Å². The number of hydrogen-bond donors (Lipinski definition) is 1. The fourth-order valence-electron chi connectivity index (χ4n) is 2.67. The van der Waals surface area contributed by atoms with Crippen molar-refractivity contribution in [2.45, 2.75) is 19.4 Å². The van der Waals surface area contributed by atoms with Crippen molar-refractivity contribution in [1.29, 1.82) is 0 Å². The Balaban J connectivity index is 1.64. The molecule has 1 aliphatic rings. The van der Waals surface area contributed by atoms with Gasteiger partial charge in [0, 0.05) is 31.3 Å². The molecule has 2 aromatic rings. The standard InChI is InChI=1S/C17H16FN3O3/c18-15-10-14(21(23)24)7-8-16(15)19-11-12-3-5-13(6-4-12)20-9-1-2-17(20)22/h3-8,10,19H,1-2,9,11H2. The summed E-state index contributed by atoms with van der Waals surface area (Å²) >= 11 is 0. The number of nitro groups is 1. The van der Waals surface area contributed by atoms with Crippen molar-refractivity contribution in [3.8, 4) is 0 Å². The molecule has 0 unspecified atom stereocenters. The fourth-order valence-corrected chi connectivity index (χ4v) is 2.67. The number of amides is 1. The van der Waals surface area contributed by atoms with Gasteiger partial charge < -0.3 is 10.2 Å². The van der Waals surface area contributed by atoms with E-state index in [4.69, 9.17) is 0 Å². The number of carbonyl (C=O) groups is 1. The molecule has 0 atom stereocenters. The summed E-state index contributed by atoms with van der Waals surface area (Å²) in [4.78, 5) is 23.4. The summed E-state index contributed by atoms with van der Waals surface area (Å²) < 4.78 is 13.8. The quantitative estimate of drug-likeness (QED) is 0.673. The van der Waals surface area contributed by atoms with Gasteiger partial charge >= 0.3 is 0 Å². The van der Waals surface area contributed by atoms with Crippen LogP contribution in [-0.4, -0.2) is 17.4 Å². The minimum Gasteiger partial charge on any atom is -0.379 e. The second-order valence-electron chi connectivity index (χ2n) is 5.59. The van der Waals surface area contributed by atoms with Crippen molar-refractivity contribution >= 4 is 23.0 Å². The molecule has 0 spiro atoms. The smallest absolute Gasteiger partial charge is 0.272 e. The van der Waals surface area contributed by atoms with Crippen LogP contribution in [0.25, 0.3) is 0 Å². The Morgan fingerprint density at radius 3 is 2.54 bits per heavy atom.